The molecule has 2 aliphatic rings. The first-order chi connectivity index (χ1) is 4.95. The maximum absolute atomic E-state index is 5.21. The topological polar surface area (TPSA) is 12.5 Å². The monoisotopic (exact) mass is 140 g/mol. The van der Waals surface area contributed by atoms with E-state index in [1.807, 2.05) is 0 Å². The van der Waals surface area contributed by atoms with Crippen LogP contribution in [-0.4, -0.2) is 12.7 Å². The van der Waals surface area contributed by atoms with Gasteiger partial charge in [0.1, 0.15) is 0 Å². The van der Waals surface area contributed by atoms with Gasteiger partial charge in [-0.05, 0) is 12.3 Å². The van der Waals surface area contributed by atoms with Gasteiger partial charge in [-0.15, -0.1) is 0 Å². The summed E-state index contributed by atoms with van der Waals surface area (Å²) >= 11 is 0. The van der Waals surface area contributed by atoms with Crippen molar-refractivity contribution in [2.75, 3.05) is 6.61 Å². The molecule has 0 N–H and O–H groups in total. The molecule has 1 aliphatic carbocycles. The van der Waals surface area contributed by atoms with Gasteiger partial charge in [-0.25, -0.2) is 0 Å². The summed E-state index contributed by atoms with van der Waals surface area (Å²) in [5.74, 6) is 1.02. The Morgan fingerprint density at radius 2 is 1.80 bits per heavy atom. The predicted octanol–water partition coefficient (Wildman–Crippen LogP) is 2.36. The van der Waals surface area contributed by atoms with E-state index in [0.29, 0.717) is 6.10 Å². The number of epoxide rings is 1. The van der Waals surface area contributed by atoms with E-state index < -0.39 is 0 Å². The van der Waals surface area contributed by atoms with Crippen molar-refractivity contribution >= 4 is 0 Å². The van der Waals surface area contributed by atoms with E-state index in [0.717, 1.165) is 12.5 Å². The normalized spacial score (nSPS) is 34.2. The predicted molar refractivity (Wildman–Crippen MR) is 40.9 cm³/mol. The van der Waals surface area contributed by atoms with E-state index in [1.54, 1.807) is 0 Å². The first-order valence-corrected chi connectivity index (χ1v) is 4.57. The fraction of sp³-hybridized carbons (Fsp3) is 1.00. The fourth-order valence-corrected chi connectivity index (χ4v) is 2.00. The molecule has 0 radical (unpaired) electrons. The van der Waals surface area contributed by atoms with Gasteiger partial charge in [0, 0.05) is 0 Å². The number of ether oxygens (including phenoxy) is 1. The van der Waals surface area contributed by atoms with Crippen LogP contribution in [0.4, 0.5) is 0 Å². The average molecular weight is 140 g/mol. The van der Waals surface area contributed by atoms with Gasteiger partial charge in [0.2, 0.25) is 0 Å². The molecule has 1 heterocycles. The zero-order valence-corrected chi connectivity index (χ0v) is 6.51. The standard InChI is InChI=1S/C9H16O/c1-2-4-8(5-3-1)6-9-7-10-9/h8-9H,1-7H2. The van der Waals surface area contributed by atoms with Crippen LogP contribution in [-0.2, 0) is 4.74 Å². The molecule has 2 fully saturated rings. The molecular weight excluding hydrogens is 124 g/mol. The molecule has 0 amide bonds. The van der Waals surface area contributed by atoms with Gasteiger partial charge in [-0.3, -0.25) is 0 Å². The maximum Gasteiger partial charge on any atom is 0.0812 e. The molecule has 58 valence electrons. The van der Waals surface area contributed by atoms with E-state index in [4.69, 9.17) is 4.74 Å². The van der Waals surface area contributed by atoms with E-state index >= 15 is 0 Å². The Kier molecular flexibility index (Phi) is 1.94. The van der Waals surface area contributed by atoms with E-state index in [-0.39, 0.29) is 0 Å². The molecule has 1 heteroatoms. The molecule has 1 saturated carbocycles. The number of hydrogen-bond donors (Lipinski definition) is 0. The van der Waals surface area contributed by atoms with Crippen molar-refractivity contribution in [2.24, 2.45) is 5.92 Å². The Hall–Kier alpha value is -0.0400. The number of rotatable bonds is 2. The lowest BCUT2D eigenvalue weighted by Crippen LogP contribution is -2.08. The van der Waals surface area contributed by atoms with Crippen LogP contribution in [0.5, 0.6) is 0 Å². The van der Waals surface area contributed by atoms with Crippen LogP contribution in [0, 0.1) is 5.92 Å². The summed E-state index contributed by atoms with van der Waals surface area (Å²) in [5, 5.41) is 0. The van der Waals surface area contributed by atoms with Crippen LogP contribution >= 0.6 is 0 Å². The molecule has 2 rings (SSSR count). The molecule has 1 aliphatic heterocycles. The van der Waals surface area contributed by atoms with Crippen molar-refractivity contribution in [1.29, 1.82) is 0 Å². The van der Waals surface area contributed by atoms with Gasteiger partial charge < -0.3 is 4.74 Å². The Bertz CT molecular complexity index is 101. The van der Waals surface area contributed by atoms with Crippen molar-refractivity contribution in [2.45, 2.75) is 44.6 Å². The van der Waals surface area contributed by atoms with E-state index in [2.05, 4.69) is 0 Å². The average Bonchev–Trinajstić information content (AvgIpc) is 2.74. The second-order valence-electron chi connectivity index (χ2n) is 3.70. The highest BCUT2D eigenvalue weighted by atomic mass is 16.6. The minimum absolute atomic E-state index is 0.670. The summed E-state index contributed by atoms with van der Waals surface area (Å²) in [7, 11) is 0. The third kappa shape index (κ3) is 1.72. The minimum Gasteiger partial charge on any atom is -0.373 e. The van der Waals surface area contributed by atoms with Crippen LogP contribution in [0.2, 0.25) is 0 Å². The van der Waals surface area contributed by atoms with Gasteiger partial charge in [-0.2, -0.15) is 0 Å². The van der Waals surface area contributed by atoms with Gasteiger partial charge in [0.05, 0.1) is 12.7 Å². The third-order valence-corrected chi connectivity index (χ3v) is 2.72. The molecule has 1 saturated heterocycles. The van der Waals surface area contributed by atoms with Crippen LogP contribution in [0.15, 0.2) is 0 Å². The first-order valence-electron chi connectivity index (χ1n) is 4.57. The van der Waals surface area contributed by atoms with Crippen molar-refractivity contribution in [1.82, 2.24) is 0 Å². The fourth-order valence-electron chi connectivity index (χ4n) is 2.00. The van der Waals surface area contributed by atoms with Crippen LogP contribution in [0.3, 0.4) is 0 Å². The third-order valence-electron chi connectivity index (χ3n) is 2.72. The lowest BCUT2D eigenvalue weighted by molar-refractivity contribution is 0.293. The van der Waals surface area contributed by atoms with Crippen LogP contribution < -0.4 is 0 Å². The molecule has 1 unspecified atom stereocenters. The van der Waals surface area contributed by atoms with Gasteiger partial charge in [-0.1, -0.05) is 32.1 Å². The maximum atomic E-state index is 5.21. The quantitative estimate of drug-likeness (QED) is 0.536. The zero-order chi connectivity index (χ0) is 6.81. The van der Waals surface area contributed by atoms with Gasteiger partial charge >= 0.3 is 0 Å². The number of hydrogen-bond acceptors (Lipinski definition) is 1. The van der Waals surface area contributed by atoms with Crippen LogP contribution in [0.1, 0.15) is 38.5 Å². The molecule has 0 bridgehead atoms. The van der Waals surface area contributed by atoms with Gasteiger partial charge in [0.25, 0.3) is 0 Å². The van der Waals surface area contributed by atoms with Gasteiger partial charge in [0.15, 0.2) is 0 Å². The molecule has 0 aromatic heterocycles. The Morgan fingerprint density at radius 1 is 1.10 bits per heavy atom. The van der Waals surface area contributed by atoms with Crippen molar-refractivity contribution < 1.29 is 4.74 Å². The van der Waals surface area contributed by atoms with Crippen molar-refractivity contribution in [3.8, 4) is 0 Å². The minimum atomic E-state index is 0.670. The lowest BCUT2D eigenvalue weighted by Gasteiger charge is -2.20. The summed E-state index contributed by atoms with van der Waals surface area (Å²) in [4.78, 5) is 0. The molecule has 0 aromatic carbocycles. The van der Waals surface area contributed by atoms with E-state index in [1.165, 1.54) is 38.5 Å². The highest BCUT2D eigenvalue weighted by Gasteiger charge is 2.27. The Morgan fingerprint density at radius 3 is 2.40 bits per heavy atom. The van der Waals surface area contributed by atoms with E-state index in [9.17, 15) is 0 Å². The largest absolute Gasteiger partial charge is 0.373 e. The van der Waals surface area contributed by atoms with Crippen molar-refractivity contribution in [3.63, 3.8) is 0 Å². The Balaban J connectivity index is 1.69. The van der Waals surface area contributed by atoms with Crippen LogP contribution in [0.25, 0.3) is 0 Å². The molecule has 0 spiro atoms. The highest BCUT2D eigenvalue weighted by molar-refractivity contribution is 4.76. The smallest absolute Gasteiger partial charge is 0.0812 e. The molecule has 10 heavy (non-hydrogen) atoms. The summed E-state index contributed by atoms with van der Waals surface area (Å²) in [6.07, 6.45) is 9.39. The SMILES string of the molecule is C1CCC(CC2CO2)CC1. The highest BCUT2D eigenvalue weighted by Crippen LogP contribution is 2.30. The first kappa shape index (κ1) is 6.66. The summed E-state index contributed by atoms with van der Waals surface area (Å²) in [6.45, 7) is 1.05. The summed E-state index contributed by atoms with van der Waals surface area (Å²) in [5.41, 5.74) is 0. The molecule has 1 nitrogen and oxygen atoms in total. The zero-order valence-electron chi connectivity index (χ0n) is 6.51. The molecule has 1 atom stereocenters. The summed E-state index contributed by atoms with van der Waals surface area (Å²) < 4.78 is 5.21. The van der Waals surface area contributed by atoms with Crippen molar-refractivity contribution in [3.05, 3.63) is 0 Å². The lowest BCUT2D eigenvalue weighted by atomic mass is 9.86. The molecular formula is C9H16O. The second-order valence-corrected chi connectivity index (χ2v) is 3.70. The summed E-state index contributed by atoms with van der Waals surface area (Å²) in [6, 6.07) is 0. The Labute approximate surface area is 62.8 Å². The molecule has 0 aromatic rings. The second kappa shape index (κ2) is 2.91.